The minimum Gasteiger partial charge on any atom is -0.497 e. The number of benzene rings is 1. The molecule has 0 saturated carbocycles. The van der Waals surface area contributed by atoms with Gasteiger partial charge in [0.1, 0.15) is 11.5 Å². The van der Waals surface area contributed by atoms with E-state index in [2.05, 4.69) is 24.1 Å². The van der Waals surface area contributed by atoms with E-state index < -0.39 is 0 Å². The number of nitrogens with one attached hydrogen (secondary N) is 1. The zero-order chi connectivity index (χ0) is 14.8. The van der Waals surface area contributed by atoms with Gasteiger partial charge in [-0.3, -0.25) is 0 Å². The van der Waals surface area contributed by atoms with Crippen molar-refractivity contribution in [2.24, 2.45) is 0 Å². The number of methoxy groups -OCH3 is 2. The van der Waals surface area contributed by atoms with Gasteiger partial charge in [0.25, 0.3) is 0 Å². The second kappa shape index (κ2) is 9.61. The molecule has 0 amide bonds. The first-order valence-corrected chi connectivity index (χ1v) is 7.38. The lowest BCUT2D eigenvalue weighted by Crippen LogP contribution is -2.32. The maximum atomic E-state index is 5.28. The van der Waals surface area contributed by atoms with Gasteiger partial charge in [-0.1, -0.05) is 13.8 Å². The highest BCUT2D eigenvalue weighted by Crippen LogP contribution is 2.22. The average Bonchev–Trinajstić information content (AvgIpc) is 2.49. The molecular formula is C16H28N2O2. The van der Waals surface area contributed by atoms with Crippen molar-refractivity contribution in [1.29, 1.82) is 0 Å². The molecule has 0 fully saturated rings. The quantitative estimate of drug-likeness (QED) is 0.668. The molecule has 0 atom stereocenters. The summed E-state index contributed by atoms with van der Waals surface area (Å²) in [5.74, 6) is 1.67. The van der Waals surface area contributed by atoms with Crippen molar-refractivity contribution in [3.63, 3.8) is 0 Å². The number of nitrogens with zero attached hydrogens (tertiary/aromatic N) is 1. The Morgan fingerprint density at radius 3 is 2.15 bits per heavy atom. The monoisotopic (exact) mass is 280 g/mol. The van der Waals surface area contributed by atoms with Crippen LogP contribution in [0.4, 0.5) is 0 Å². The van der Waals surface area contributed by atoms with E-state index in [9.17, 15) is 0 Å². The molecule has 1 aromatic carbocycles. The van der Waals surface area contributed by atoms with E-state index in [0.29, 0.717) is 0 Å². The largest absolute Gasteiger partial charge is 0.497 e. The predicted octanol–water partition coefficient (Wildman–Crippen LogP) is 2.53. The van der Waals surface area contributed by atoms with Gasteiger partial charge in [0, 0.05) is 25.7 Å². The maximum Gasteiger partial charge on any atom is 0.122 e. The molecule has 1 N–H and O–H groups in total. The maximum absolute atomic E-state index is 5.28. The van der Waals surface area contributed by atoms with E-state index in [1.807, 2.05) is 18.2 Å². The minimum absolute atomic E-state index is 0.831. The third-order valence-corrected chi connectivity index (χ3v) is 3.33. The van der Waals surface area contributed by atoms with Gasteiger partial charge in [0.2, 0.25) is 0 Å². The topological polar surface area (TPSA) is 33.7 Å². The summed E-state index contributed by atoms with van der Waals surface area (Å²) in [6, 6.07) is 5.97. The van der Waals surface area contributed by atoms with Gasteiger partial charge in [0.15, 0.2) is 0 Å². The Kier molecular flexibility index (Phi) is 8.07. The van der Waals surface area contributed by atoms with Crippen molar-refractivity contribution < 1.29 is 9.47 Å². The van der Waals surface area contributed by atoms with E-state index in [4.69, 9.17) is 9.47 Å². The summed E-state index contributed by atoms with van der Waals surface area (Å²) >= 11 is 0. The van der Waals surface area contributed by atoms with E-state index in [1.54, 1.807) is 14.2 Å². The van der Waals surface area contributed by atoms with Gasteiger partial charge in [-0.05, 0) is 37.2 Å². The highest BCUT2D eigenvalue weighted by Gasteiger charge is 2.03. The molecule has 0 saturated heterocycles. The van der Waals surface area contributed by atoms with E-state index in [-0.39, 0.29) is 0 Å². The summed E-state index contributed by atoms with van der Waals surface area (Å²) in [6.07, 6.45) is 1.21. The average molecular weight is 280 g/mol. The molecule has 0 aliphatic rings. The summed E-state index contributed by atoms with van der Waals surface area (Å²) in [7, 11) is 3.35. The van der Waals surface area contributed by atoms with Gasteiger partial charge in [-0.2, -0.15) is 0 Å². The van der Waals surface area contributed by atoms with Crippen molar-refractivity contribution >= 4 is 0 Å². The Balaban J connectivity index is 2.41. The van der Waals surface area contributed by atoms with E-state index in [1.165, 1.54) is 18.5 Å². The molecular weight excluding hydrogens is 252 g/mol. The van der Waals surface area contributed by atoms with Gasteiger partial charge >= 0.3 is 0 Å². The van der Waals surface area contributed by atoms with E-state index >= 15 is 0 Å². The second-order valence-electron chi connectivity index (χ2n) is 4.83. The minimum atomic E-state index is 0.831. The van der Waals surface area contributed by atoms with Crippen molar-refractivity contribution in [2.75, 3.05) is 40.4 Å². The standard InChI is InChI=1S/C16H28N2O2/c1-5-8-18(6-2)9-7-17-13-14-10-15(19-3)12-16(11-14)20-4/h10-12,17H,5-9,13H2,1-4H3. The molecule has 4 heteroatoms. The van der Waals surface area contributed by atoms with Crippen molar-refractivity contribution in [1.82, 2.24) is 10.2 Å². The summed E-state index contributed by atoms with van der Waals surface area (Å²) in [5.41, 5.74) is 1.18. The molecule has 0 heterocycles. The van der Waals surface area contributed by atoms with Gasteiger partial charge in [-0.25, -0.2) is 0 Å². The van der Waals surface area contributed by atoms with Crippen LogP contribution in [0.3, 0.4) is 0 Å². The Labute approximate surface area is 123 Å². The molecule has 0 aromatic heterocycles. The van der Waals surface area contributed by atoms with Crippen LogP contribution in [0.15, 0.2) is 18.2 Å². The van der Waals surface area contributed by atoms with Crippen LogP contribution in [0.25, 0.3) is 0 Å². The lowest BCUT2D eigenvalue weighted by molar-refractivity contribution is 0.287. The molecule has 20 heavy (non-hydrogen) atoms. The Hall–Kier alpha value is -1.26. The van der Waals surface area contributed by atoms with Crippen LogP contribution >= 0.6 is 0 Å². The van der Waals surface area contributed by atoms with Gasteiger partial charge in [0.05, 0.1) is 14.2 Å². The first-order valence-electron chi connectivity index (χ1n) is 7.38. The fourth-order valence-electron chi connectivity index (χ4n) is 2.18. The molecule has 114 valence electrons. The summed E-state index contributed by atoms with van der Waals surface area (Å²) < 4.78 is 10.6. The number of ether oxygens (including phenoxy) is 2. The zero-order valence-electron chi connectivity index (χ0n) is 13.2. The Morgan fingerprint density at radius 2 is 1.65 bits per heavy atom. The molecule has 4 nitrogen and oxygen atoms in total. The molecule has 1 rings (SSSR count). The third kappa shape index (κ3) is 5.80. The van der Waals surface area contributed by atoms with Gasteiger partial charge < -0.3 is 19.7 Å². The molecule has 0 unspecified atom stereocenters. The number of hydrogen-bond acceptors (Lipinski definition) is 4. The molecule has 0 spiro atoms. The van der Waals surface area contributed by atoms with Crippen LogP contribution in [-0.2, 0) is 6.54 Å². The van der Waals surface area contributed by atoms with Crippen molar-refractivity contribution in [3.05, 3.63) is 23.8 Å². The van der Waals surface area contributed by atoms with Crippen LogP contribution in [0, 0.1) is 0 Å². The van der Waals surface area contributed by atoms with Gasteiger partial charge in [-0.15, -0.1) is 0 Å². The Morgan fingerprint density at radius 1 is 1.00 bits per heavy atom. The third-order valence-electron chi connectivity index (χ3n) is 3.33. The molecule has 0 aliphatic heterocycles. The highest BCUT2D eigenvalue weighted by molar-refractivity contribution is 5.38. The first kappa shape index (κ1) is 16.8. The first-order chi connectivity index (χ1) is 9.73. The fraction of sp³-hybridized carbons (Fsp3) is 0.625. The molecule has 0 bridgehead atoms. The summed E-state index contributed by atoms with van der Waals surface area (Å²) in [5, 5.41) is 3.47. The van der Waals surface area contributed by atoms with Crippen LogP contribution in [0.5, 0.6) is 11.5 Å². The predicted molar refractivity (Wildman–Crippen MR) is 83.7 cm³/mol. The lowest BCUT2D eigenvalue weighted by Gasteiger charge is -2.19. The molecule has 0 radical (unpaired) electrons. The van der Waals surface area contributed by atoms with Crippen LogP contribution in [0.1, 0.15) is 25.8 Å². The summed E-state index contributed by atoms with van der Waals surface area (Å²) in [6.45, 7) is 9.63. The molecule has 0 aliphatic carbocycles. The van der Waals surface area contributed by atoms with Crippen LogP contribution in [-0.4, -0.2) is 45.3 Å². The number of hydrogen-bond donors (Lipinski definition) is 1. The SMILES string of the molecule is CCCN(CC)CCNCc1cc(OC)cc(OC)c1. The summed E-state index contributed by atoms with van der Waals surface area (Å²) in [4.78, 5) is 2.46. The van der Waals surface area contributed by atoms with Crippen LogP contribution in [0.2, 0.25) is 0 Å². The Bertz CT molecular complexity index is 360. The van der Waals surface area contributed by atoms with Crippen LogP contribution < -0.4 is 14.8 Å². The fourth-order valence-corrected chi connectivity index (χ4v) is 2.18. The zero-order valence-corrected chi connectivity index (χ0v) is 13.2. The second-order valence-corrected chi connectivity index (χ2v) is 4.83. The van der Waals surface area contributed by atoms with E-state index in [0.717, 1.165) is 37.7 Å². The normalized spacial score (nSPS) is 10.8. The van der Waals surface area contributed by atoms with Crippen molar-refractivity contribution in [3.8, 4) is 11.5 Å². The number of rotatable bonds is 10. The lowest BCUT2D eigenvalue weighted by atomic mass is 10.2. The molecule has 1 aromatic rings. The smallest absolute Gasteiger partial charge is 0.122 e. The highest BCUT2D eigenvalue weighted by atomic mass is 16.5. The number of likely N-dealkylation sites (N-methyl/N-ethyl adjacent to an activating group) is 1. The van der Waals surface area contributed by atoms with Crippen molar-refractivity contribution in [2.45, 2.75) is 26.8 Å².